The second kappa shape index (κ2) is 6.25. The van der Waals surface area contributed by atoms with Gasteiger partial charge in [0.15, 0.2) is 0 Å². The normalized spacial score (nSPS) is 35.8. The molecule has 0 aromatic rings. The molecule has 3 fully saturated rings. The first-order valence-electron chi connectivity index (χ1n) is 8.94. The van der Waals surface area contributed by atoms with Gasteiger partial charge in [-0.05, 0) is 70.4 Å². The molecule has 1 saturated heterocycles. The largest absolute Gasteiger partial charge is 0.368 e. The number of rotatable bonds is 5. The number of hydrogen-bond acceptors (Lipinski definition) is 3. The fraction of sp³-hybridized carbons (Fsp3) is 0.941. The summed E-state index contributed by atoms with van der Waals surface area (Å²) in [5.74, 6) is 0.790. The SMILES string of the molecule is CCC1CCN(C2CCCC(NC3CC3)(C(N)=O)C2)CC1. The number of nitrogens with zero attached hydrogens (tertiary/aromatic N) is 1. The van der Waals surface area contributed by atoms with E-state index in [0.717, 1.165) is 25.2 Å². The molecule has 1 heterocycles. The Balaban J connectivity index is 1.62. The monoisotopic (exact) mass is 293 g/mol. The van der Waals surface area contributed by atoms with Crippen molar-refractivity contribution in [3.05, 3.63) is 0 Å². The van der Waals surface area contributed by atoms with Crippen LogP contribution in [0.25, 0.3) is 0 Å². The van der Waals surface area contributed by atoms with Gasteiger partial charge in [0.1, 0.15) is 0 Å². The van der Waals surface area contributed by atoms with Gasteiger partial charge in [0.2, 0.25) is 5.91 Å². The lowest BCUT2D eigenvalue weighted by atomic mass is 9.77. The summed E-state index contributed by atoms with van der Waals surface area (Å²) in [5.41, 5.74) is 5.37. The van der Waals surface area contributed by atoms with Crippen LogP contribution in [0.15, 0.2) is 0 Å². The summed E-state index contributed by atoms with van der Waals surface area (Å²) in [6.07, 6.45) is 10.6. The fourth-order valence-corrected chi connectivity index (χ4v) is 4.33. The van der Waals surface area contributed by atoms with E-state index in [-0.39, 0.29) is 5.91 Å². The van der Waals surface area contributed by atoms with Gasteiger partial charge in [0, 0.05) is 12.1 Å². The number of piperidine rings is 1. The lowest BCUT2D eigenvalue weighted by Gasteiger charge is -2.45. The highest BCUT2D eigenvalue weighted by molar-refractivity contribution is 5.85. The summed E-state index contributed by atoms with van der Waals surface area (Å²) in [5, 5.41) is 3.59. The molecule has 0 radical (unpaired) electrons. The molecule has 4 heteroatoms. The molecule has 2 atom stereocenters. The molecule has 1 aliphatic heterocycles. The average Bonchev–Trinajstić information content (AvgIpc) is 3.31. The zero-order valence-electron chi connectivity index (χ0n) is 13.4. The number of nitrogens with two attached hydrogens (primary N) is 1. The number of carbonyl (C=O) groups excluding carboxylic acids is 1. The molecule has 0 bridgehead atoms. The van der Waals surface area contributed by atoms with Crippen LogP contribution in [0.2, 0.25) is 0 Å². The second-order valence-corrected chi connectivity index (χ2v) is 7.50. The van der Waals surface area contributed by atoms with Crippen LogP contribution in [-0.2, 0) is 4.79 Å². The molecule has 21 heavy (non-hydrogen) atoms. The van der Waals surface area contributed by atoms with Crippen LogP contribution in [-0.4, -0.2) is 41.5 Å². The van der Waals surface area contributed by atoms with Crippen LogP contribution < -0.4 is 11.1 Å². The predicted octanol–water partition coefficient (Wildman–Crippen LogP) is 2.03. The van der Waals surface area contributed by atoms with Gasteiger partial charge in [-0.3, -0.25) is 4.79 Å². The summed E-state index contributed by atoms with van der Waals surface area (Å²) in [6.45, 7) is 4.72. The van der Waals surface area contributed by atoms with E-state index in [9.17, 15) is 4.79 Å². The van der Waals surface area contributed by atoms with Crippen LogP contribution in [0.5, 0.6) is 0 Å². The molecule has 2 unspecified atom stereocenters. The van der Waals surface area contributed by atoms with Crippen molar-refractivity contribution in [1.29, 1.82) is 0 Å². The minimum absolute atomic E-state index is 0.123. The number of carbonyl (C=O) groups is 1. The average molecular weight is 293 g/mol. The molecule has 0 spiro atoms. The summed E-state index contributed by atoms with van der Waals surface area (Å²) >= 11 is 0. The van der Waals surface area contributed by atoms with E-state index in [1.165, 1.54) is 51.6 Å². The first kappa shape index (κ1) is 15.3. The maximum atomic E-state index is 12.1. The Labute approximate surface area is 128 Å². The molecule has 0 aromatic heterocycles. The van der Waals surface area contributed by atoms with Crippen LogP contribution in [0.4, 0.5) is 0 Å². The Morgan fingerprint density at radius 3 is 2.52 bits per heavy atom. The van der Waals surface area contributed by atoms with Crippen molar-refractivity contribution in [3.63, 3.8) is 0 Å². The fourth-order valence-electron chi connectivity index (χ4n) is 4.33. The van der Waals surface area contributed by atoms with Gasteiger partial charge < -0.3 is 16.0 Å². The molecule has 2 saturated carbocycles. The topological polar surface area (TPSA) is 58.4 Å². The van der Waals surface area contributed by atoms with Crippen LogP contribution >= 0.6 is 0 Å². The Kier molecular flexibility index (Phi) is 4.55. The lowest BCUT2D eigenvalue weighted by molar-refractivity contribution is -0.127. The third kappa shape index (κ3) is 3.42. The van der Waals surface area contributed by atoms with Crippen molar-refractivity contribution in [2.24, 2.45) is 11.7 Å². The van der Waals surface area contributed by atoms with E-state index in [4.69, 9.17) is 5.73 Å². The first-order chi connectivity index (χ1) is 10.1. The highest BCUT2D eigenvalue weighted by Gasteiger charge is 2.45. The molecular formula is C17H31N3O. The van der Waals surface area contributed by atoms with Crippen LogP contribution in [0.1, 0.15) is 64.7 Å². The molecule has 3 N–H and O–H groups in total. The third-order valence-corrected chi connectivity index (χ3v) is 6.00. The highest BCUT2D eigenvalue weighted by atomic mass is 16.1. The van der Waals surface area contributed by atoms with Gasteiger partial charge in [0.05, 0.1) is 5.54 Å². The Hall–Kier alpha value is -0.610. The minimum atomic E-state index is -0.425. The minimum Gasteiger partial charge on any atom is -0.368 e. The van der Waals surface area contributed by atoms with Crippen molar-refractivity contribution in [2.45, 2.75) is 82.3 Å². The molecule has 3 aliphatic rings. The number of primary amides is 1. The van der Waals surface area contributed by atoms with Crippen molar-refractivity contribution >= 4 is 5.91 Å². The van der Waals surface area contributed by atoms with Crippen molar-refractivity contribution in [2.75, 3.05) is 13.1 Å². The lowest BCUT2D eigenvalue weighted by Crippen LogP contribution is -2.61. The summed E-state index contributed by atoms with van der Waals surface area (Å²) in [6, 6.07) is 1.09. The van der Waals surface area contributed by atoms with Crippen LogP contribution in [0.3, 0.4) is 0 Å². The van der Waals surface area contributed by atoms with Gasteiger partial charge >= 0.3 is 0 Å². The standard InChI is InChI=1S/C17H31N3O/c1-2-13-7-10-20(11-8-13)15-4-3-9-17(12-15,16(18)21)19-14-5-6-14/h13-15,19H,2-12H2,1H3,(H2,18,21). The Bertz CT molecular complexity index is 374. The zero-order valence-corrected chi connectivity index (χ0v) is 13.4. The predicted molar refractivity (Wildman–Crippen MR) is 84.9 cm³/mol. The molecule has 1 amide bonds. The molecule has 3 rings (SSSR count). The van der Waals surface area contributed by atoms with Crippen molar-refractivity contribution in [3.8, 4) is 0 Å². The van der Waals surface area contributed by atoms with Gasteiger partial charge in [-0.25, -0.2) is 0 Å². The van der Waals surface area contributed by atoms with E-state index in [1.54, 1.807) is 0 Å². The first-order valence-corrected chi connectivity index (χ1v) is 8.94. The van der Waals surface area contributed by atoms with Gasteiger partial charge in [-0.15, -0.1) is 0 Å². The van der Waals surface area contributed by atoms with E-state index >= 15 is 0 Å². The number of hydrogen-bond donors (Lipinski definition) is 2. The molecular weight excluding hydrogens is 262 g/mol. The van der Waals surface area contributed by atoms with Gasteiger partial charge in [0.25, 0.3) is 0 Å². The maximum absolute atomic E-state index is 12.1. The summed E-state index contributed by atoms with van der Waals surface area (Å²) in [4.78, 5) is 14.7. The van der Waals surface area contributed by atoms with Gasteiger partial charge in [-0.1, -0.05) is 13.3 Å². The summed E-state index contributed by atoms with van der Waals surface area (Å²) < 4.78 is 0. The molecule has 2 aliphatic carbocycles. The third-order valence-electron chi connectivity index (χ3n) is 6.00. The zero-order chi connectivity index (χ0) is 14.9. The maximum Gasteiger partial charge on any atom is 0.237 e. The van der Waals surface area contributed by atoms with E-state index in [2.05, 4.69) is 17.1 Å². The van der Waals surface area contributed by atoms with E-state index in [0.29, 0.717) is 12.1 Å². The smallest absolute Gasteiger partial charge is 0.237 e. The highest BCUT2D eigenvalue weighted by Crippen LogP contribution is 2.36. The Morgan fingerprint density at radius 1 is 1.24 bits per heavy atom. The number of amides is 1. The van der Waals surface area contributed by atoms with Crippen molar-refractivity contribution in [1.82, 2.24) is 10.2 Å². The van der Waals surface area contributed by atoms with Crippen LogP contribution in [0, 0.1) is 5.92 Å². The number of nitrogens with one attached hydrogen (secondary N) is 1. The quantitative estimate of drug-likeness (QED) is 0.815. The number of likely N-dealkylation sites (tertiary alicyclic amines) is 1. The molecule has 120 valence electrons. The van der Waals surface area contributed by atoms with Gasteiger partial charge in [-0.2, -0.15) is 0 Å². The molecule has 4 nitrogen and oxygen atoms in total. The van der Waals surface area contributed by atoms with E-state index < -0.39 is 5.54 Å². The summed E-state index contributed by atoms with van der Waals surface area (Å²) in [7, 11) is 0. The van der Waals surface area contributed by atoms with Crippen molar-refractivity contribution < 1.29 is 4.79 Å². The Morgan fingerprint density at radius 2 is 1.95 bits per heavy atom. The molecule has 0 aromatic carbocycles. The van der Waals surface area contributed by atoms with E-state index in [1.807, 2.05) is 0 Å². The second-order valence-electron chi connectivity index (χ2n) is 7.50.